The van der Waals surface area contributed by atoms with Crippen LogP contribution in [-0.2, 0) is 6.54 Å². The Hall–Kier alpha value is -1.23. The number of anilines is 1. The zero-order chi connectivity index (χ0) is 14.7. The zero-order valence-corrected chi connectivity index (χ0v) is 13.4. The summed E-state index contributed by atoms with van der Waals surface area (Å²) >= 11 is 15.5. The van der Waals surface area contributed by atoms with Crippen molar-refractivity contribution in [1.82, 2.24) is 0 Å². The van der Waals surface area contributed by atoms with E-state index >= 15 is 0 Å². The van der Waals surface area contributed by atoms with Gasteiger partial charge in [0.1, 0.15) is 0 Å². The number of halogens is 3. The molecule has 0 aliphatic heterocycles. The van der Waals surface area contributed by atoms with Crippen molar-refractivity contribution < 1.29 is 4.79 Å². The van der Waals surface area contributed by atoms with Gasteiger partial charge in [0.2, 0.25) is 5.91 Å². The Morgan fingerprint density at radius 1 is 1.15 bits per heavy atom. The molecule has 0 saturated carbocycles. The first-order valence-electron chi connectivity index (χ1n) is 5.74. The molecule has 20 heavy (non-hydrogen) atoms. The van der Waals surface area contributed by atoms with Crippen LogP contribution < -0.4 is 11.1 Å². The number of primary amides is 1. The van der Waals surface area contributed by atoms with E-state index in [1.807, 2.05) is 18.2 Å². The molecule has 0 aliphatic carbocycles. The molecule has 3 nitrogen and oxygen atoms in total. The first-order chi connectivity index (χ1) is 9.47. The Labute approximate surface area is 135 Å². The standard InChI is InChI=1S/C14H11BrCl2N2O/c15-9-1-4-12(16)8(5-9)7-19-10-2-3-11(14(18)20)13(17)6-10/h1-6,19H,7H2,(H2,18,20). The highest BCUT2D eigenvalue weighted by atomic mass is 79.9. The maximum Gasteiger partial charge on any atom is 0.250 e. The highest BCUT2D eigenvalue weighted by molar-refractivity contribution is 9.10. The van der Waals surface area contributed by atoms with Crippen LogP contribution in [0.4, 0.5) is 5.69 Å². The predicted molar refractivity (Wildman–Crippen MR) is 86.4 cm³/mol. The molecule has 0 atom stereocenters. The fourth-order valence-electron chi connectivity index (χ4n) is 1.70. The van der Waals surface area contributed by atoms with E-state index in [4.69, 9.17) is 28.9 Å². The summed E-state index contributed by atoms with van der Waals surface area (Å²) in [7, 11) is 0. The molecule has 1 amide bonds. The molecule has 2 rings (SSSR count). The quantitative estimate of drug-likeness (QED) is 0.830. The topological polar surface area (TPSA) is 55.1 Å². The fourth-order valence-corrected chi connectivity index (χ4v) is 2.57. The molecule has 0 heterocycles. The second-order valence-corrected chi connectivity index (χ2v) is 5.88. The second kappa shape index (κ2) is 6.48. The lowest BCUT2D eigenvalue weighted by atomic mass is 10.2. The van der Waals surface area contributed by atoms with E-state index in [1.54, 1.807) is 18.2 Å². The fraction of sp³-hybridized carbons (Fsp3) is 0.0714. The summed E-state index contributed by atoms with van der Waals surface area (Å²) in [6.45, 7) is 0.546. The van der Waals surface area contributed by atoms with Crippen molar-refractivity contribution in [3.8, 4) is 0 Å². The van der Waals surface area contributed by atoms with Gasteiger partial charge in [0.15, 0.2) is 0 Å². The first kappa shape index (κ1) is 15.2. The van der Waals surface area contributed by atoms with E-state index < -0.39 is 5.91 Å². The van der Waals surface area contributed by atoms with E-state index in [0.717, 1.165) is 15.7 Å². The minimum Gasteiger partial charge on any atom is -0.381 e. The number of hydrogen-bond acceptors (Lipinski definition) is 2. The molecule has 2 aromatic carbocycles. The van der Waals surface area contributed by atoms with Gasteiger partial charge in [0.05, 0.1) is 10.6 Å². The van der Waals surface area contributed by atoms with Crippen LogP contribution >= 0.6 is 39.1 Å². The Morgan fingerprint density at radius 3 is 2.55 bits per heavy atom. The molecule has 0 fully saturated rings. The van der Waals surface area contributed by atoms with Crippen molar-refractivity contribution in [2.45, 2.75) is 6.54 Å². The van der Waals surface area contributed by atoms with Crippen molar-refractivity contribution in [3.05, 3.63) is 62.0 Å². The lowest BCUT2D eigenvalue weighted by molar-refractivity contribution is 0.100. The molecule has 104 valence electrons. The van der Waals surface area contributed by atoms with Gasteiger partial charge in [-0.25, -0.2) is 0 Å². The minimum atomic E-state index is -0.545. The normalized spacial score (nSPS) is 10.3. The van der Waals surface area contributed by atoms with Crippen LogP contribution in [0, 0.1) is 0 Å². The summed E-state index contributed by atoms with van der Waals surface area (Å²) in [5.74, 6) is -0.545. The average molecular weight is 374 g/mol. The molecule has 2 aromatic rings. The molecule has 0 unspecified atom stereocenters. The largest absolute Gasteiger partial charge is 0.381 e. The smallest absolute Gasteiger partial charge is 0.250 e. The van der Waals surface area contributed by atoms with Crippen LogP contribution in [0.3, 0.4) is 0 Å². The van der Waals surface area contributed by atoms with Crippen LogP contribution in [0.2, 0.25) is 10.0 Å². The molecule has 0 saturated heterocycles. The van der Waals surface area contributed by atoms with E-state index in [-0.39, 0.29) is 0 Å². The maximum atomic E-state index is 11.1. The molecule has 0 aliphatic rings. The number of rotatable bonds is 4. The third kappa shape index (κ3) is 3.66. The third-order valence-electron chi connectivity index (χ3n) is 2.73. The highest BCUT2D eigenvalue weighted by Crippen LogP contribution is 2.24. The number of nitrogens with one attached hydrogen (secondary N) is 1. The van der Waals surface area contributed by atoms with E-state index in [1.165, 1.54) is 0 Å². The zero-order valence-electron chi connectivity index (χ0n) is 10.3. The second-order valence-electron chi connectivity index (χ2n) is 4.15. The monoisotopic (exact) mass is 372 g/mol. The molecule has 0 bridgehead atoms. The third-order valence-corrected chi connectivity index (χ3v) is 3.90. The average Bonchev–Trinajstić information content (AvgIpc) is 2.39. The number of carbonyl (C=O) groups is 1. The number of hydrogen-bond donors (Lipinski definition) is 2. The van der Waals surface area contributed by atoms with Crippen LogP contribution in [0.15, 0.2) is 40.9 Å². The van der Waals surface area contributed by atoms with Crippen molar-refractivity contribution in [3.63, 3.8) is 0 Å². The Morgan fingerprint density at radius 2 is 1.90 bits per heavy atom. The van der Waals surface area contributed by atoms with Crippen LogP contribution in [0.5, 0.6) is 0 Å². The minimum absolute atomic E-state index is 0.303. The van der Waals surface area contributed by atoms with Gasteiger partial charge >= 0.3 is 0 Å². The summed E-state index contributed by atoms with van der Waals surface area (Å²) in [5, 5.41) is 4.20. The lowest BCUT2D eigenvalue weighted by Gasteiger charge is -2.10. The molecule has 0 radical (unpaired) electrons. The van der Waals surface area contributed by atoms with Gasteiger partial charge in [-0.15, -0.1) is 0 Å². The van der Waals surface area contributed by atoms with Gasteiger partial charge < -0.3 is 11.1 Å². The van der Waals surface area contributed by atoms with Gasteiger partial charge in [-0.05, 0) is 42.0 Å². The molecule has 0 spiro atoms. The number of amides is 1. The van der Waals surface area contributed by atoms with Gasteiger partial charge in [-0.3, -0.25) is 4.79 Å². The van der Waals surface area contributed by atoms with Gasteiger partial charge in [-0.1, -0.05) is 39.1 Å². The summed E-state index contributed by atoms with van der Waals surface area (Å²) < 4.78 is 0.959. The predicted octanol–water partition coefficient (Wildman–Crippen LogP) is 4.47. The summed E-state index contributed by atoms with van der Waals surface area (Å²) in [6.07, 6.45) is 0. The summed E-state index contributed by atoms with van der Waals surface area (Å²) in [4.78, 5) is 11.1. The number of nitrogens with two attached hydrogens (primary N) is 1. The van der Waals surface area contributed by atoms with Crippen LogP contribution in [-0.4, -0.2) is 5.91 Å². The van der Waals surface area contributed by atoms with Crippen molar-refractivity contribution in [2.75, 3.05) is 5.32 Å². The molecular weight excluding hydrogens is 363 g/mol. The molecule has 3 N–H and O–H groups in total. The summed E-state index contributed by atoms with van der Waals surface area (Å²) in [6, 6.07) is 10.6. The molecule has 0 aromatic heterocycles. The molecular formula is C14H11BrCl2N2O. The number of benzene rings is 2. The Balaban J connectivity index is 2.13. The van der Waals surface area contributed by atoms with Gasteiger partial charge in [0.25, 0.3) is 0 Å². The van der Waals surface area contributed by atoms with Crippen LogP contribution in [0.1, 0.15) is 15.9 Å². The van der Waals surface area contributed by atoms with Crippen molar-refractivity contribution in [2.24, 2.45) is 5.73 Å². The van der Waals surface area contributed by atoms with Gasteiger partial charge in [0, 0.05) is 21.7 Å². The highest BCUT2D eigenvalue weighted by Gasteiger charge is 2.07. The maximum absolute atomic E-state index is 11.1. The lowest BCUT2D eigenvalue weighted by Crippen LogP contribution is -2.11. The van der Waals surface area contributed by atoms with E-state index in [0.29, 0.717) is 22.2 Å². The Kier molecular flexibility index (Phi) is 4.91. The van der Waals surface area contributed by atoms with Crippen molar-refractivity contribution in [1.29, 1.82) is 0 Å². The van der Waals surface area contributed by atoms with E-state index in [9.17, 15) is 4.79 Å². The van der Waals surface area contributed by atoms with Gasteiger partial charge in [-0.2, -0.15) is 0 Å². The SMILES string of the molecule is NC(=O)c1ccc(NCc2cc(Br)ccc2Cl)cc1Cl. The van der Waals surface area contributed by atoms with E-state index in [2.05, 4.69) is 21.2 Å². The van der Waals surface area contributed by atoms with Crippen molar-refractivity contribution >= 4 is 50.7 Å². The first-order valence-corrected chi connectivity index (χ1v) is 7.29. The summed E-state index contributed by atoms with van der Waals surface area (Å²) in [5.41, 5.74) is 7.25. The number of carbonyl (C=O) groups excluding carboxylic acids is 1. The Bertz CT molecular complexity index is 662. The van der Waals surface area contributed by atoms with Crippen LogP contribution in [0.25, 0.3) is 0 Å². The molecule has 6 heteroatoms.